The Morgan fingerprint density at radius 1 is 1.42 bits per heavy atom. The molecule has 0 saturated heterocycles. The molecule has 3 aromatic rings. The second kappa shape index (κ2) is 6.42. The maximum atomic E-state index is 13.4. The van der Waals surface area contributed by atoms with Crippen molar-refractivity contribution in [2.45, 2.75) is 26.8 Å². The van der Waals surface area contributed by atoms with Crippen LogP contribution < -0.4 is 5.32 Å². The molecular formula is C17H15FN4OS. The lowest BCUT2D eigenvalue weighted by Crippen LogP contribution is -2.15. The summed E-state index contributed by atoms with van der Waals surface area (Å²) in [4.78, 5) is 13.2. The van der Waals surface area contributed by atoms with Gasteiger partial charge in [-0.3, -0.25) is 4.79 Å². The SMILES string of the molecule is Cc1cc(NC(=O)c2sc3ccc(F)cc3c2C)n(CCC#N)n1. The zero-order chi connectivity index (χ0) is 17.3. The summed E-state index contributed by atoms with van der Waals surface area (Å²) in [5.74, 6) is -0.0245. The Hall–Kier alpha value is -2.72. The normalized spacial score (nSPS) is 10.8. The summed E-state index contributed by atoms with van der Waals surface area (Å²) in [5, 5.41) is 16.6. The number of hydrogen-bond acceptors (Lipinski definition) is 4. The van der Waals surface area contributed by atoms with Crippen LogP contribution in [-0.2, 0) is 6.54 Å². The van der Waals surface area contributed by atoms with Crippen LogP contribution in [0.3, 0.4) is 0 Å². The highest BCUT2D eigenvalue weighted by Gasteiger charge is 2.18. The first kappa shape index (κ1) is 16.1. The zero-order valence-corrected chi connectivity index (χ0v) is 14.1. The minimum Gasteiger partial charge on any atom is -0.306 e. The first-order valence-electron chi connectivity index (χ1n) is 7.41. The summed E-state index contributed by atoms with van der Waals surface area (Å²) in [5.41, 5.74) is 1.52. The Balaban J connectivity index is 1.91. The fourth-order valence-electron chi connectivity index (χ4n) is 2.56. The van der Waals surface area contributed by atoms with Crippen molar-refractivity contribution in [2.75, 3.05) is 5.32 Å². The topological polar surface area (TPSA) is 70.7 Å². The molecule has 5 nitrogen and oxygen atoms in total. The first-order valence-corrected chi connectivity index (χ1v) is 8.22. The smallest absolute Gasteiger partial charge is 0.267 e. The molecule has 2 aromatic heterocycles. The molecule has 1 aromatic carbocycles. The van der Waals surface area contributed by atoms with Gasteiger partial charge >= 0.3 is 0 Å². The third kappa shape index (κ3) is 3.01. The van der Waals surface area contributed by atoms with E-state index in [1.807, 2.05) is 13.8 Å². The van der Waals surface area contributed by atoms with E-state index in [0.29, 0.717) is 23.7 Å². The minimum absolute atomic E-state index is 0.257. The highest BCUT2D eigenvalue weighted by atomic mass is 32.1. The van der Waals surface area contributed by atoms with Crippen molar-refractivity contribution in [3.8, 4) is 6.07 Å². The average molecular weight is 342 g/mol. The van der Waals surface area contributed by atoms with Gasteiger partial charge in [0.1, 0.15) is 11.6 Å². The lowest BCUT2D eigenvalue weighted by molar-refractivity contribution is 0.102. The van der Waals surface area contributed by atoms with Crippen LogP contribution in [-0.4, -0.2) is 15.7 Å². The van der Waals surface area contributed by atoms with Gasteiger partial charge < -0.3 is 5.32 Å². The number of nitrogens with zero attached hydrogens (tertiary/aromatic N) is 3. The molecule has 1 amide bonds. The molecule has 24 heavy (non-hydrogen) atoms. The van der Waals surface area contributed by atoms with Crippen LogP contribution in [0, 0.1) is 31.0 Å². The summed E-state index contributed by atoms with van der Waals surface area (Å²) >= 11 is 1.33. The molecule has 0 bridgehead atoms. The highest BCUT2D eigenvalue weighted by Crippen LogP contribution is 2.31. The Labute approximate surface area is 142 Å². The molecule has 122 valence electrons. The molecule has 7 heteroatoms. The van der Waals surface area contributed by atoms with E-state index in [0.717, 1.165) is 21.3 Å². The number of amides is 1. The number of fused-ring (bicyclic) bond motifs is 1. The Kier molecular flexibility index (Phi) is 4.32. The second-order valence-electron chi connectivity index (χ2n) is 5.45. The molecule has 1 N–H and O–H groups in total. The molecule has 0 fully saturated rings. The number of aryl methyl sites for hydroxylation is 3. The van der Waals surface area contributed by atoms with E-state index >= 15 is 0 Å². The Morgan fingerprint density at radius 3 is 2.96 bits per heavy atom. The van der Waals surface area contributed by atoms with Gasteiger partial charge in [-0.25, -0.2) is 9.07 Å². The Morgan fingerprint density at radius 2 is 2.21 bits per heavy atom. The summed E-state index contributed by atoms with van der Waals surface area (Å²) in [6.07, 6.45) is 0.311. The molecular weight excluding hydrogens is 327 g/mol. The van der Waals surface area contributed by atoms with Crippen LogP contribution in [0.4, 0.5) is 10.2 Å². The lowest BCUT2D eigenvalue weighted by Gasteiger charge is -2.07. The van der Waals surface area contributed by atoms with Crippen LogP contribution >= 0.6 is 11.3 Å². The van der Waals surface area contributed by atoms with Gasteiger partial charge in [0.05, 0.1) is 29.6 Å². The molecule has 3 rings (SSSR count). The standard InChI is InChI=1S/C17H15FN4OS/c1-10-8-15(22(21-10)7-3-6-19)20-17(23)16-11(2)13-9-12(18)4-5-14(13)24-16/h4-5,8-9H,3,7H2,1-2H3,(H,20,23). The van der Waals surface area contributed by atoms with Crippen molar-refractivity contribution in [3.05, 3.63) is 46.2 Å². The van der Waals surface area contributed by atoms with Gasteiger partial charge in [-0.05, 0) is 43.0 Å². The largest absolute Gasteiger partial charge is 0.306 e. The predicted octanol–water partition coefficient (Wildman–Crippen LogP) is 4.02. The molecule has 0 aliphatic rings. The van der Waals surface area contributed by atoms with E-state index in [1.165, 1.54) is 23.5 Å². The molecule has 0 spiro atoms. The van der Waals surface area contributed by atoms with Crippen molar-refractivity contribution < 1.29 is 9.18 Å². The number of thiophene rings is 1. The fourth-order valence-corrected chi connectivity index (χ4v) is 3.64. The molecule has 0 unspecified atom stereocenters. The monoisotopic (exact) mass is 342 g/mol. The number of carbonyl (C=O) groups is 1. The van der Waals surface area contributed by atoms with E-state index in [-0.39, 0.29) is 11.7 Å². The van der Waals surface area contributed by atoms with Crippen LogP contribution in [0.1, 0.15) is 27.3 Å². The summed E-state index contributed by atoms with van der Waals surface area (Å²) in [7, 11) is 0. The Bertz CT molecular complexity index is 967. The third-order valence-electron chi connectivity index (χ3n) is 3.68. The number of aromatic nitrogens is 2. The van der Waals surface area contributed by atoms with Crippen molar-refractivity contribution in [1.29, 1.82) is 5.26 Å². The van der Waals surface area contributed by atoms with Gasteiger partial charge in [-0.2, -0.15) is 10.4 Å². The van der Waals surface area contributed by atoms with Gasteiger partial charge in [-0.15, -0.1) is 11.3 Å². The van der Waals surface area contributed by atoms with Crippen LogP contribution in [0.5, 0.6) is 0 Å². The van der Waals surface area contributed by atoms with E-state index < -0.39 is 0 Å². The maximum absolute atomic E-state index is 13.4. The number of halogens is 1. The lowest BCUT2D eigenvalue weighted by atomic mass is 10.1. The number of benzene rings is 1. The average Bonchev–Trinajstić information content (AvgIpc) is 3.05. The van der Waals surface area contributed by atoms with Crippen LogP contribution in [0.15, 0.2) is 24.3 Å². The molecule has 0 atom stereocenters. The molecule has 0 radical (unpaired) electrons. The summed E-state index contributed by atoms with van der Waals surface area (Å²) in [6, 6.07) is 8.34. The van der Waals surface area contributed by atoms with Crippen LogP contribution in [0.25, 0.3) is 10.1 Å². The second-order valence-corrected chi connectivity index (χ2v) is 6.51. The minimum atomic E-state index is -0.319. The quantitative estimate of drug-likeness (QED) is 0.778. The molecule has 0 aliphatic heterocycles. The number of hydrogen-bond donors (Lipinski definition) is 1. The summed E-state index contributed by atoms with van der Waals surface area (Å²) < 4.78 is 15.9. The molecule has 0 aliphatic carbocycles. The van der Waals surface area contributed by atoms with E-state index in [2.05, 4.69) is 16.5 Å². The maximum Gasteiger partial charge on any atom is 0.267 e. The number of rotatable bonds is 4. The van der Waals surface area contributed by atoms with Gasteiger partial charge in [0.2, 0.25) is 0 Å². The van der Waals surface area contributed by atoms with Crippen molar-refractivity contribution >= 4 is 33.1 Å². The van der Waals surface area contributed by atoms with Crippen molar-refractivity contribution in [1.82, 2.24) is 9.78 Å². The van der Waals surface area contributed by atoms with Gasteiger partial charge in [0.25, 0.3) is 5.91 Å². The van der Waals surface area contributed by atoms with E-state index in [9.17, 15) is 9.18 Å². The third-order valence-corrected chi connectivity index (χ3v) is 4.96. The number of carbonyl (C=O) groups excluding carboxylic acids is 1. The summed E-state index contributed by atoms with van der Waals surface area (Å²) in [6.45, 7) is 4.05. The number of nitrogens with one attached hydrogen (secondary N) is 1. The molecule has 2 heterocycles. The van der Waals surface area contributed by atoms with Crippen molar-refractivity contribution in [3.63, 3.8) is 0 Å². The first-order chi connectivity index (χ1) is 11.5. The van der Waals surface area contributed by atoms with Gasteiger partial charge in [0.15, 0.2) is 0 Å². The predicted molar refractivity (Wildman–Crippen MR) is 91.7 cm³/mol. The van der Waals surface area contributed by atoms with E-state index in [1.54, 1.807) is 16.8 Å². The zero-order valence-electron chi connectivity index (χ0n) is 13.3. The number of nitriles is 1. The fraction of sp³-hybridized carbons (Fsp3) is 0.235. The highest BCUT2D eigenvalue weighted by molar-refractivity contribution is 7.21. The van der Waals surface area contributed by atoms with Crippen molar-refractivity contribution in [2.24, 2.45) is 0 Å². The molecule has 0 saturated carbocycles. The number of anilines is 1. The van der Waals surface area contributed by atoms with Gasteiger partial charge in [0, 0.05) is 10.8 Å². The van der Waals surface area contributed by atoms with Gasteiger partial charge in [-0.1, -0.05) is 0 Å². The van der Waals surface area contributed by atoms with Crippen LogP contribution in [0.2, 0.25) is 0 Å². The van der Waals surface area contributed by atoms with E-state index in [4.69, 9.17) is 5.26 Å².